The Hall–Kier alpha value is -2.49. The number of ether oxygens (including phenoxy) is 1. The van der Waals surface area contributed by atoms with Crippen LogP contribution in [0.2, 0.25) is 0 Å². The van der Waals surface area contributed by atoms with Crippen molar-refractivity contribution in [3.05, 3.63) is 59.9 Å². The lowest BCUT2D eigenvalue weighted by molar-refractivity contribution is 0.0355. The fourth-order valence-electron chi connectivity index (χ4n) is 4.15. The smallest absolute Gasteiger partial charge is 0.254 e. The minimum atomic E-state index is -3.23. The molecule has 1 aromatic carbocycles. The van der Waals surface area contributed by atoms with Crippen LogP contribution in [0.3, 0.4) is 0 Å². The number of aromatic nitrogens is 1. The van der Waals surface area contributed by atoms with Crippen molar-refractivity contribution < 1.29 is 17.9 Å². The molecule has 0 aliphatic carbocycles. The molecule has 2 fully saturated rings. The summed E-state index contributed by atoms with van der Waals surface area (Å²) in [5, 5.41) is 0. The molecule has 172 valence electrons. The fraction of sp³-hybridized carbons (Fsp3) is 0.478. The zero-order valence-electron chi connectivity index (χ0n) is 18.2. The highest BCUT2D eigenvalue weighted by Gasteiger charge is 2.28. The number of hydrogen-bond acceptors (Lipinski definition) is 6. The van der Waals surface area contributed by atoms with Gasteiger partial charge in [0.2, 0.25) is 10.0 Å². The van der Waals surface area contributed by atoms with Crippen LogP contribution in [0.4, 0.5) is 5.69 Å². The van der Waals surface area contributed by atoms with Crippen LogP contribution in [0.15, 0.2) is 48.8 Å². The zero-order valence-corrected chi connectivity index (χ0v) is 19.0. The number of carbonyl (C=O) groups excluding carboxylic acids is 1. The van der Waals surface area contributed by atoms with E-state index in [1.54, 1.807) is 36.7 Å². The number of sulfonamides is 1. The van der Waals surface area contributed by atoms with Crippen LogP contribution in [0.1, 0.15) is 28.8 Å². The molecule has 8 nitrogen and oxygen atoms in total. The van der Waals surface area contributed by atoms with Crippen molar-refractivity contribution in [3.63, 3.8) is 0 Å². The van der Waals surface area contributed by atoms with Crippen LogP contribution in [-0.4, -0.2) is 80.8 Å². The second kappa shape index (κ2) is 10.4. The lowest BCUT2D eigenvalue weighted by atomic mass is 10.1. The third kappa shape index (κ3) is 5.65. The molecule has 0 N–H and O–H groups in total. The number of hydrogen-bond donors (Lipinski definition) is 0. The molecule has 0 radical (unpaired) electrons. The SMILES string of the molecule is O=C(c1ccc(N2CCCS2(=O)=O)cc1)N(CCCN1CCOCC1)Cc1ccncc1. The normalized spacial score (nSPS) is 18.6. The Kier molecular flexibility index (Phi) is 7.39. The molecule has 9 heteroatoms. The van der Waals surface area contributed by atoms with Crippen molar-refractivity contribution in [2.75, 3.05) is 56.0 Å². The number of anilines is 1. The molecule has 0 spiro atoms. The van der Waals surface area contributed by atoms with Gasteiger partial charge in [0.1, 0.15) is 0 Å². The molecule has 2 aromatic rings. The molecule has 0 atom stereocenters. The highest BCUT2D eigenvalue weighted by molar-refractivity contribution is 7.93. The van der Waals surface area contributed by atoms with Gasteiger partial charge >= 0.3 is 0 Å². The molecule has 1 aromatic heterocycles. The van der Waals surface area contributed by atoms with E-state index in [1.807, 2.05) is 17.0 Å². The number of pyridine rings is 1. The summed E-state index contributed by atoms with van der Waals surface area (Å²) >= 11 is 0. The van der Waals surface area contributed by atoms with E-state index < -0.39 is 10.0 Å². The van der Waals surface area contributed by atoms with Gasteiger partial charge in [-0.3, -0.25) is 19.0 Å². The molecule has 2 aliphatic heterocycles. The lowest BCUT2D eigenvalue weighted by Gasteiger charge is -2.28. The van der Waals surface area contributed by atoms with Gasteiger partial charge in [0.15, 0.2) is 0 Å². The zero-order chi connectivity index (χ0) is 22.4. The first-order valence-corrected chi connectivity index (χ1v) is 12.7. The van der Waals surface area contributed by atoms with Gasteiger partial charge in [-0.1, -0.05) is 0 Å². The molecule has 0 unspecified atom stereocenters. The molecular formula is C23H30N4O4S. The van der Waals surface area contributed by atoms with E-state index in [9.17, 15) is 13.2 Å². The van der Waals surface area contributed by atoms with Gasteiger partial charge in [0.25, 0.3) is 5.91 Å². The van der Waals surface area contributed by atoms with Crippen LogP contribution < -0.4 is 4.31 Å². The summed E-state index contributed by atoms with van der Waals surface area (Å²) in [5.74, 6) is 0.121. The molecule has 0 saturated carbocycles. The van der Waals surface area contributed by atoms with E-state index in [2.05, 4.69) is 9.88 Å². The Morgan fingerprint density at radius 2 is 1.75 bits per heavy atom. The minimum absolute atomic E-state index is 0.0559. The maximum atomic E-state index is 13.3. The summed E-state index contributed by atoms with van der Waals surface area (Å²) in [7, 11) is -3.23. The fourth-order valence-corrected chi connectivity index (χ4v) is 5.72. The molecule has 2 saturated heterocycles. The van der Waals surface area contributed by atoms with E-state index in [4.69, 9.17) is 4.74 Å². The largest absolute Gasteiger partial charge is 0.379 e. The van der Waals surface area contributed by atoms with Crippen LogP contribution in [0.25, 0.3) is 0 Å². The van der Waals surface area contributed by atoms with Gasteiger partial charge in [-0.05, 0) is 54.8 Å². The third-order valence-electron chi connectivity index (χ3n) is 5.92. The number of amides is 1. The van der Waals surface area contributed by atoms with Crippen molar-refractivity contribution >= 4 is 21.6 Å². The van der Waals surface area contributed by atoms with Crippen LogP contribution in [0.5, 0.6) is 0 Å². The summed E-state index contributed by atoms with van der Waals surface area (Å²) < 4.78 is 31.2. The highest BCUT2D eigenvalue weighted by Crippen LogP contribution is 2.24. The molecule has 2 aliphatic rings. The Morgan fingerprint density at radius 3 is 2.41 bits per heavy atom. The van der Waals surface area contributed by atoms with Gasteiger partial charge in [0, 0.05) is 57.2 Å². The number of benzene rings is 1. The lowest BCUT2D eigenvalue weighted by Crippen LogP contribution is -2.39. The van der Waals surface area contributed by atoms with Crippen LogP contribution in [0, 0.1) is 0 Å². The van der Waals surface area contributed by atoms with Gasteiger partial charge in [-0.2, -0.15) is 0 Å². The van der Waals surface area contributed by atoms with E-state index >= 15 is 0 Å². The molecule has 4 rings (SSSR count). The second-order valence-electron chi connectivity index (χ2n) is 8.18. The maximum Gasteiger partial charge on any atom is 0.254 e. The minimum Gasteiger partial charge on any atom is -0.379 e. The van der Waals surface area contributed by atoms with Crippen molar-refractivity contribution in [2.45, 2.75) is 19.4 Å². The van der Waals surface area contributed by atoms with Crippen molar-refractivity contribution in [3.8, 4) is 0 Å². The van der Waals surface area contributed by atoms with Crippen molar-refractivity contribution in [2.24, 2.45) is 0 Å². The summed E-state index contributed by atoms with van der Waals surface area (Å²) in [5.41, 5.74) is 2.21. The van der Waals surface area contributed by atoms with E-state index in [0.29, 0.717) is 37.3 Å². The van der Waals surface area contributed by atoms with Gasteiger partial charge in [-0.15, -0.1) is 0 Å². The van der Waals surface area contributed by atoms with Crippen molar-refractivity contribution in [1.82, 2.24) is 14.8 Å². The molecule has 0 bridgehead atoms. The summed E-state index contributed by atoms with van der Waals surface area (Å²) in [6.07, 6.45) is 4.97. The summed E-state index contributed by atoms with van der Waals surface area (Å²) in [4.78, 5) is 21.6. The summed E-state index contributed by atoms with van der Waals surface area (Å²) in [6, 6.07) is 10.8. The van der Waals surface area contributed by atoms with Gasteiger partial charge < -0.3 is 9.64 Å². The Bertz CT molecular complexity index is 992. The van der Waals surface area contributed by atoms with Crippen LogP contribution >= 0.6 is 0 Å². The highest BCUT2D eigenvalue weighted by atomic mass is 32.2. The maximum absolute atomic E-state index is 13.3. The van der Waals surface area contributed by atoms with Crippen LogP contribution in [-0.2, 0) is 21.3 Å². The Balaban J connectivity index is 1.44. The third-order valence-corrected chi connectivity index (χ3v) is 7.79. The number of rotatable bonds is 8. The van der Waals surface area contributed by atoms with E-state index in [0.717, 1.165) is 44.8 Å². The van der Waals surface area contributed by atoms with Crippen molar-refractivity contribution in [1.29, 1.82) is 0 Å². The average molecular weight is 459 g/mol. The predicted octanol–water partition coefficient (Wildman–Crippen LogP) is 1.99. The number of morpholine rings is 1. The monoisotopic (exact) mass is 458 g/mol. The quantitative estimate of drug-likeness (QED) is 0.602. The second-order valence-corrected chi connectivity index (χ2v) is 10.2. The first-order valence-electron chi connectivity index (χ1n) is 11.1. The van der Waals surface area contributed by atoms with E-state index in [1.165, 1.54) is 4.31 Å². The first-order chi connectivity index (χ1) is 15.5. The predicted molar refractivity (Wildman–Crippen MR) is 123 cm³/mol. The van der Waals surface area contributed by atoms with E-state index in [-0.39, 0.29) is 11.7 Å². The van der Waals surface area contributed by atoms with Gasteiger partial charge in [0.05, 0.1) is 24.7 Å². The Morgan fingerprint density at radius 1 is 1.03 bits per heavy atom. The molecule has 1 amide bonds. The number of nitrogens with zero attached hydrogens (tertiary/aromatic N) is 4. The number of carbonyl (C=O) groups is 1. The molecular weight excluding hydrogens is 428 g/mol. The molecule has 3 heterocycles. The first kappa shape index (κ1) is 22.7. The standard InChI is InChI=1S/C23H30N4O4S/c28-23(21-3-5-22(6-4-21)27-13-2-18-32(27,29)30)26(19-20-7-9-24-10-8-20)12-1-11-25-14-16-31-17-15-25/h3-10H,1-2,11-19H2. The topological polar surface area (TPSA) is 83.1 Å². The van der Waals surface area contributed by atoms with Gasteiger partial charge in [-0.25, -0.2) is 8.42 Å². The Labute approximate surface area is 189 Å². The summed E-state index contributed by atoms with van der Waals surface area (Å²) in [6.45, 7) is 5.95. The average Bonchev–Trinajstić information content (AvgIpc) is 3.18. The molecule has 32 heavy (non-hydrogen) atoms.